The Hall–Kier alpha value is -0.750. The summed E-state index contributed by atoms with van der Waals surface area (Å²) in [7, 11) is 0. The van der Waals surface area contributed by atoms with Crippen LogP contribution in [0.1, 0.15) is 26.7 Å². The maximum absolute atomic E-state index is 11.5. The van der Waals surface area contributed by atoms with Gasteiger partial charge >= 0.3 is 5.97 Å². The van der Waals surface area contributed by atoms with Crippen LogP contribution in [0.4, 0.5) is 0 Å². The van der Waals surface area contributed by atoms with Crippen LogP contribution in [-0.4, -0.2) is 41.6 Å². The number of hydrogen-bond donors (Lipinski definition) is 3. The van der Waals surface area contributed by atoms with Crippen molar-refractivity contribution in [3.63, 3.8) is 0 Å². The average molecular weight is 262 g/mol. The molecule has 0 aromatic heterocycles. The van der Waals surface area contributed by atoms with Gasteiger partial charge in [-0.1, -0.05) is 13.8 Å². The van der Waals surface area contributed by atoms with E-state index in [1.807, 2.05) is 0 Å². The fraction of sp³-hybridized carbons (Fsp3) is 0.818. The summed E-state index contributed by atoms with van der Waals surface area (Å²) in [4.78, 5) is 22.1. The Morgan fingerprint density at radius 3 is 2.47 bits per heavy atom. The number of thioether (sulfide) groups is 1. The maximum Gasteiger partial charge on any atom is 0.303 e. The highest BCUT2D eigenvalue weighted by Crippen LogP contribution is 2.24. The number of rotatable bonds is 9. The van der Waals surface area contributed by atoms with Crippen LogP contribution in [-0.2, 0) is 9.59 Å². The van der Waals surface area contributed by atoms with Gasteiger partial charge < -0.3 is 16.2 Å². The first-order chi connectivity index (χ1) is 7.87. The fourth-order valence-electron chi connectivity index (χ4n) is 1.42. The topological polar surface area (TPSA) is 92.4 Å². The number of carboxylic acids is 1. The summed E-state index contributed by atoms with van der Waals surface area (Å²) in [6.07, 6.45) is 0.239. The molecule has 1 amide bonds. The van der Waals surface area contributed by atoms with Gasteiger partial charge in [0.15, 0.2) is 0 Å². The summed E-state index contributed by atoms with van der Waals surface area (Å²) in [6.45, 7) is 4.81. The van der Waals surface area contributed by atoms with Gasteiger partial charge in [-0.15, -0.1) is 0 Å². The molecule has 4 N–H and O–H groups in total. The predicted molar refractivity (Wildman–Crippen MR) is 70.0 cm³/mol. The van der Waals surface area contributed by atoms with Gasteiger partial charge in [-0.2, -0.15) is 11.8 Å². The first-order valence-electron chi connectivity index (χ1n) is 5.64. The third kappa shape index (κ3) is 10.1. The molecule has 100 valence electrons. The highest BCUT2D eigenvalue weighted by Gasteiger charge is 2.24. The van der Waals surface area contributed by atoms with Gasteiger partial charge in [0.05, 0.1) is 6.42 Å². The van der Waals surface area contributed by atoms with Gasteiger partial charge in [0.1, 0.15) is 0 Å². The number of carbonyl (C=O) groups excluding carboxylic acids is 1. The van der Waals surface area contributed by atoms with Gasteiger partial charge in [-0.05, 0) is 5.41 Å². The molecule has 0 aliphatic heterocycles. The average Bonchev–Trinajstić information content (AvgIpc) is 2.14. The van der Waals surface area contributed by atoms with Crippen molar-refractivity contribution in [3.8, 4) is 0 Å². The number of nitrogens with one attached hydrogen (secondary N) is 1. The molecule has 6 heteroatoms. The molecule has 5 nitrogen and oxygen atoms in total. The van der Waals surface area contributed by atoms with Gasteiger partial charge in [0.25, 0.3) is 0 Å². The van der Waals surface area contributed by atoms with Gasteiger partial charge in [0, 0.05) is 31.0 Å². The van der Waals surface area contributed by atoms with Crippen LogP contribution in [0.15, 0.2) is 0 Å². The van der Waals surface area contributed by atoms with Gasteiger partial charge in [-0.25, -0.2) is 0 Å². The molecule has 0 aliphatic rings. The first kappa shape index (κ1) is 16.2. The SMILES string of the molecule is CC(C)(CC(=O)O)CC(=O)NCCSCCN. The lowest BCUT2D eigenvalue weighted by atomic mass is 9.85. The number of carboxylic acid groups (broad SMARTS) is 1. The monoisotopic (exact) mass is 262 g/mol. The van der Waals surface area contributed by atoms with Crippen LogP contribution in [0, 0.1) is 5.41 Å². The molecule has 0 radical (unpaired) electrons. The molecule has 17 heavy (non-hydrogen) atoms. The Balaban J connectivity index is 3.73. The lowest BCUT2D eigenvalue weighted by Crippen LogP contribution is -2.31. The normalized spacial score (nSPS) is 11.2. The number of aliphatic carboxylic acids is 1. The second kappa shape index (κ2) is 8.36. The van der Waals surface area contributed by atoms with Crippen molar-refractivity contribution in [1.29, 1.82) is 0 Å². The molecule has 0 heterocycles. The standard InChI is InChI=1S/C11H22N2O3S/c1-11(2,8-10(15)16)7-9(14)13-4-6-17-5-3-12/h3-8,12H2,1-2H3,(H,13,14)(H,15,16). The Labute approximate surface area is 107 Å². The third-order valence-electron chi connectivity index (χ3n) is 2.10. The van der Waals surface area contributed by atoms with Crippen molar-refractivity contribution in [2.24, 2.45) is 11.1 Å². The molecule has 0 aromatic carbocycles. The van der Waals surface area contributed by atoms with E-state index in [4.69, 9.17) is 10.8 Å². The second-order valence-corrected chi connectivity index (χ2v) is 5.89. The molecule has 0 aliphatic carbocycles. The van der Waals surface area contributed by atoms with Crippen LogP contribution < -0.4 is 11.1 Å². The molecule has 0 atom stereocenters. The summed E-state index contributed by atoms with van der Waals surface area (Å²) in [5, 5.41) is 11.5. The molecule has 0 saturated carbocycles. The van der Waals surface area contributed by atoms with Crippen LogP contribution in [0.3, 0.4) is 0 Å². The Morgan fingerprint density at radius 1 is 1.29 bits per heavy atom. The summed E-state index contributed by atoms with van der Waals surface area (Å²) in [6, 6.07) is 0. The first-order valence-corrected chi connectivity index (χ1v) is 6.79. The maximum atomic E-state index is 11.5. The zero-order chi connectivity index (χ0) is 13.3. The van der Waals surface area contributed by atoms with Crippen LogP contribution in [0.25, 0.3) is 0 Å². The number of hydrogen-bond acceptors (Lipinski definition) is 4. The molecule has 0 rings (SSSR count). The van der Waals surface area contributed by atoms with E-state index in [0.717, 1.165) is 11.5 Å². The van der Waals surface area contributed by atoms with E-state index >= 15 is 0 Å². The Bertz CT molecular complexity index is 257. The predicted octanol–water partition coefficient (Wildman–Crippen LogP) is 0.686. The number of nitrogens with two attached hydrogens (primary N) is 1. The minimum atomic E-state index is -0.874. The lowest BCUT2D eigenvalue weighted by molar-refractivity contribution is -0.139. The molecule has 0 aromatic rings. The van der Waals surface area contributed by atoms with Crippen molar-refractivity contribution in [2.75, 3.05) is 24.6 Å². The van der Waals surface area contributed by atoms with E-state index in [1.165, 1.54) is 0 Å². The lowest BCUT2D eigenvalue weighted by Gasteiger charge is -2.21. The van der Waals surface area contributed by atoms with Crippen molar-refractivity contribution in [3.05, 3.63) is 0 Å². The zero-order valence-corrected chi connectivity index (χ0v) is 11.3. The minimum Gasteiger partial charge on any atom is -0.481 e. The van der Waals surface area contributed by atoms with E-state index in [1.54, 1.807) is 25.6 Å². The van der Waals surface area contributed by atoms with Crippen LogP contribution >= 0.6 is 11.8 Å². The van der Waals surface area contributed by atoms with E-state index in [2.05, 4.69) is 5.32 Å². The van der Waals surface area contributed by atoms with Crippen molar-refractivity contribution < 1.29 is 14.7 Å². The minimum absolute atomic E-state index is 0.00232. The third-order valence-corrected chi connectivity index (χ3v) is 3.12. The second-order valence-electron chi connectivity index (χ2n) is 4.66. The quantitative estimate of drug-likeness (QED) is 0.532. The summed E-state index contributed by atoms with van der Waals surface area (Å²) >= 11 is 1.69. The molecular weight excluding hydrogens is 240 g/mol. The molecule has 0 fully saturated rings. The van der Waals surface area contributed by atoms with E-state index in [0.29, 0.717) is 13.1 Å². The summed E-state index contributed by atoms with van der Waals surface area (Å²) in [5.74, 6) is 0.758. The smallest absolute Gasteiger partial charge is 0.303 e. The molecule has 0 unspecified atom stereocenters. The van der Waals surface area contributed by atoms with Crippen molar-refractivity contribution in [2.45, 2.75) is 26.7 Å². The van der Waals surface area contributed by atoms with Crippen molar-refractivity contribution >= 4 is 23.6 Å². The van der Waals surface area contributed by atoms with Gasteiger partial charge in [0.2, 0.25) is 5.91 Å². The Kier molecular flexibility index (Phi) is 7.99. The number of carbonyl (C=O) groups is 2. The number of amides is 1. The molecule has 0 bridgehead atoms. The summed E-state index contributed by atoms with van der Waals surface area (Å²) in [5.41, 5.74) is 4.84. The van der Waals surface area contributed by atoms with E-state index < -0.39 is 11.4 Å². The highest BCUT2D eigenvalue weighted by molar-refractivity contribution is 7.99. The fourth-order valence-corrected chi connectivity index (χ4v) is 2.03. The molecular formula is C11H22N2O3S. The largest absolute Gasteiger partial charge is 0.481 e. The van der Waals surface area contributed by atoms with Crippen LogP contribution in [0.2, 0.25) is 0 Å². The Morgan fingerprint density at radius 2 is 1.94 bits per heavy atom. The van der Waals surface area contributed by atoms with Crippen molar-refractivity contribution in [1.82, 2.24) is 5.32 Å². The molecule has 0 saturated heterocycles. The van der Waals surface area contributed by atoms with E-state index in [-0.39, 0.29) is 18.7 Å². The zero-order valence-electron chi connectivity index (χ0n) is 10.5. The summed E-state index contributed by atoms with van der Waals surface area (Å²) < 4.78 is 0. The van der Waals surface area contributed by atoms with Crippen LogP contribution in [0.5, 0.6) is 0 Å². The highest BCUT2D eigenvalue weighted by atomic mass is 32.2. The van der Waals surface area contributed by atoms with E-state index in [9.17, 15) is 9.59 Å². The van der Waals surface area contributed by atoms with Gasteiger partial charge in [-0.3, -0.25) is 9.59 Å². The molecule has 0 spiro atoms.